The summed E-state index contributed by atoms with van der Waals surface area (Å²) in [4.78, 5) is 0. The van der Waals surface area contributed by atoms with Gasteiger partial charge in [0.15, 0.2) is 0 Å². The highest BCUT2D eigenvalue weighted by atomic mass is 19.2. The highest BCUT2D eigenvalue weighted by molar-refractivity contribution is 5.99. The zero-order chi connectivity index (χ0) is 78.9. The molecule has 0 saturated heterocycles. The lowest BCUT2D eigenvalue weighted by Crippen LogP contribution is -2.29. The van der Waals surface area contributed by atoms with Crippen LogP contribution >= 0.6 is 0 Å². The number of rotatable bonds is 16. The van der Waals surface area contributed by atoms with Gasteiger partial charge in [-0.1, -0.05) is 256 Å². The van der Waals surface area contributed by atoms with Crippen molar-refractivity contribution in [2.45, 2.75) is 36.0 Å². The predicted molar refractivity (Wildman–Crippen MR) is 453 cm³/mol. The Labute approximate surface area is 669 Å². The average Bonchev–Trinajstić information content (AvgIpc) is 1.51. The Morgan fingerprint density at radius 3 is 1.03 bits per heavy atom. The smallest absolute Gasteiger partial charge is 0.127 e. The van der Waals surface area contributed by atoms with E-state index in [2.05, 4.69) is 147 Å². The minimum Gasteiger partial charge on any atom is -0.457 e. The third-order valence-electron chi connectivity index (χ3n) is 24.4. The molecule has 16 aromatic rings. The van der Waals surface area contributed by atoms with Crippen molar-refractivity contribution in [1.82, 2.24) is 0 Å². The van der Waals surface area contributed by atoms with Crippen LogP contribution in [0.2, 0.25) is 0 Å². The number of aryl methyl sites for hydroxylation is 2. The number of hydrogen-bond acceptors (Lipinski definition) is 2. The van der Waals surface area contributed by atoms with Crippen molar-refractivity contribution in [1.29, 1.82) is 0 Å². The highest BCUT2D eigenvalue weighted by Gasteiger charge is 2.53. The molecule has 0 saturated carbocycles. The quantitative estimate of drug-likeness (QED) is 0.0545. The second-order valence-electron chi connectivity index (χ2n) is 30.7. The summed E-state index contributed by atoms with van der Waals surface area (Å²) < 4.78 is 111. The molecule has 0 heterocycles. The monoisotopic (exact) mass is 1510 g/mol. The first-order valence-electron chi connectivity index (χ1n) is 38.8. The normalized spacial score (nSPS) is 16.5. The number of fused-ring (bicyclic) bond motifs is 16. The molecule has 4 unspecified atom stereocenters. The summed E-state index contributed by atoms with van der Waals surface area (Å²) in [5.74, 6) is -1.90. The molecule has 8 heteroatoms. The van der Waals surface area contributed by atoms with Gasteiger partial charge in [-0.05, 0) is 289 Å². The summed E-state index contributed by atoms with van der Waals surface area (Å²) in [7, 11) is 0. The van der Waals surface area contributed by atoms with Crippen molar-refractivity contribution >= 4 is 23.8 Å². The van der Waals surface area contributed by atoms with Crippen LogP contribution in [-0.2, 0) is 16.2 Å². The minimum atomic E-state index is -1.29. The third kappa shape index (κ3) is 11.2. The van der Waals surface area contributed by atoms with E-state index in [1.807, 2.05) is 158 Å². The molecule has 16 aromatic carbocycles. The fourth-order valence-electron chi connectivity index (χ4n) is 19.3. The van der Waals surface area contributed by atoms with Crippen LogP contribution in [0.25, 0.3) is 68.3 Å². The van der Waals surface area contributed by atoms with Crippen molar-refractivity contribution in [3.05, 3.63) is 510 Å². The molecule has 0 N–H and O–H groups in total. The van der Waals surface area contributed by atoms with Gasteiger partial charge in [-0.2, -0.15) is 0 Å². The highest BCUT2D eigenvalue weighted by Crippen LogP contribution is 2.65. The molecule has 0 amide bonds. The second-order valence-corrected chi connectivity index (χ2v) is 30.7. The van der Waals surface area contributed by atoms with Gasteiger partial charge >= 0.3 is 0 Å². The molecule has 0 aliphatic heterocycles. The topological polar surface area (TPSA) is 18.5 Å². The van der Waals surface area contributed by atoms with Gasteiger partial charge in [0.25, 0.3) is 0 Å². The fraction of sp³-hybridized carbons (Fsp3) is 0.0556. The Morgan fingerprint density at radius 1 is 0.276 bits per heavy atom. The van der Waals surface area contributed by atoms with E-state index in [4.69, 9.17) is 9.47 Å². The van der Waals surface area contributed by atoms with Gasteiger partial charge in [0.05, 0.1) is 16.2 Å². The maximum absolute atomic E-state index is 16.8. The molecule has 0 bridgehead atoms. The van der Waals surface area contributed by atoms with Gasteiger partial charge in [0.2, 0.25) is 0 Å². The summed E-state index contributed by atoms with van der Waals surface area (Å²) in [6, 6.07) is 108. The maximum Gasteiger partial charge on any atom is 0.127 e. The number of hydrogen-bond donors (Lipinski definition) is 0. The first-order valence-corrected chi connectivity index (χ1v) is 38.8. The molecule has 116 heavy (non-hydrogen) atoms. The maximum atomic E-state index is 16.8. The summed E-state index contributed by atoms with van der Waals surface area (Å²) in [6.45, 7) is 11.3. The predicted octanol–water partition coefficient (Wildman–Crippen LogP) is 27.8. The van der Waals surface area contributed by atoms with Gasteiger partial charge < -0.3 is 9.47 Å². The van der Waals surface area contributed by atoms with Crippen molar-refractivity contribution < 1.29 is 35.8 Å². The van der Waals surface area contributed by atoms with Crippen molar-refractivity contribution in [2.24, 2.45) is 0 Å². The summed E-state index contributed by atoms with van der Waals surface area (Å²) in [6.07, 6.45) is 5.66. The molecule has 4 aliphatic carbocycles. The fourth-order valence-corrected chi connectivity index (χ4v) is 19.3. The largest absolute Gasteiger partial charge is 0.457 e. The lowest BCUT2D eigenvalue weighted by atomic mass is 9.67. The molecule has 0 aromatic heterocycles. The molecule has 556 valence electrons. The van der Waals surface area contributed by atoms with E-state index in [-0.39, 0.29) is 11.6 Å². The lowest BCUT2D eigenvalue weighted by Gasteiger charge is -2.35. The van der Waals surface area contributed by atoms with Gasteiger partial charge in [0.1, 0.15) is 57.9 Å². The Bertz CT molecular complexity index is 6740. The Kier molecular flexibility index (Phi) is 16.9. The van der Waals surface area contributed by atoms with Crippen LogP contribution in [0.5, 0.6) is 23.0 Å². The van der Waals surface area contributed by atoms with Crippen molar-refractivity contribution in [2.75, 3.05) is 0 Å². The Balaban J connectivity index is 0.767. The van der Waals surface area contributed by atoms with Crippen LogP contribution in [0.1, 0.15) is 128 Å². The second kappa shape index (κ2) is 27.6. The average molecular weight is 1510 g/mol. The molecule has 0 fully saturated rings. The molecule has 20 rings (SSSR count). The number of ether oxygens (including phenoxy) is 2. The number of halogens is 6. The van der Waals surface area contributed by atoms with E-state index < -0.39 is 45.4 Å². The standard InChI is InChI=1S/C108H70F6O2/c1-5-66-25-39-82(40-26-66)115-84-43-35-74(36-44-84)106(76-58-78(109)62-79(110)59-76)95-19-11-7-15-86(95)91-48-32-69(53-100(91)106)94(70-30-23-64(3)103(113)56-70)51-68-29-47-90-88-17-9-13-21-97(88)108(99(90)52-68)98-22-14-10-18-89(98)93-50-34-72(55-102(93)108)105(73-31-24-65(4)104(114)57-73)71-33-49-92-87-16-8-12-20-96(87)107(101(92)54-71,77-60-80(111)63-81(112)61-77)75-37-45-85(46-38-75)116-83-41-27-67(6-2)28-42-83/h5-63,105H,1-2H2,3-4H3/b94-51+. The molecule has 0 radical (unpaired) electrons. The Hall–Kier alpha value is -14.1. The van der Waals surface area contributed by atoms with E-state index in [1.54, 1.807) is 44.2 Å². The third-order valence-corrected chi connectivity index (χ3v) is 24.4. The molecule has 4 atom stereocenters. The minimum absolute atomic E-state index is 0.365. The zero-order valence-electron chi connectivity index (χ0n) is 63.1. The van der Waals surface area contributed by atoms with E-state index >= 15 is 26.3 Å². The van der Waals surface area contributed by atoms with Crippen molar-refractivity contribution in [3.8, 4) is 67.5 Å². The molecule has 4 aliphatic rings. The van der Waals surface area contributed by atoms with Crippen LogP contribution < -0.4 is 9.47 Å². The molecule has 1 spiro atoms. The van der Waals surface area contributed by atoms with E-state index in [9.17, 15) is 0 Å². The summed E-state index contributed by atoms with van der Waals surface area (Å²) in [5, 5.41) is 0. The van der Waals surface area contributed by atoms with E-state index in [0.717, 1.165) is 146 Å². The van der Waals surface area contributed by atoms with Gasteiger partial charge in [-0.15, -0.1) is 0 Å². The zero-order valence-corrected chi connectivity index (χ0v) is 63.1. The first-order chi connectivity index (χ1) is 56.6. The van der Waals surface area contributed by atoms with Crippen LogP contribution in [0.3, 0.4) is 0 Å². The van der Waals surface area contributed by atoms with Crippen molar-refractivity contribution in [3.63, 3.8) is 0 Å². The van der Waals surface area contributed by atoms with Gasteiger partial charge in [-0.3, -0.25) is 0 Å². The van der Waals surface area contributed by atoms with Crippen LogP contribution in [-0.4, -0.2) is 0 Å². The summed E-state index contributed by atoms with van der Waals surface area (Å²) >= 11 is 0. The van der Waals surface area contributed by atoms with E-state index in [1.165, 1.54) is 24.3 Å². The van der Waals surface area contributed by atoms with Gasteiger partial charge in [-0.25, -0.2) is 26.3 Å². The van der Waals surface area contributed by atoms with Crippen LogP contribution in [0.4, 0.5) is 26.3 Å². The molecular weight excluding hydrogens is 1440 g/mol. The molecule has 2 nitrogen and oxygen atoms in total. The lowest BCUT2D eigenvalue weighted by molar-refractivity contribution is 0.482. The Morgan fingerprint density at radius 2 is 0.595 bits per heavy atom. The molecular formula is C108H70F6O2. The van der Waals surface area contributed by atoms with Gasteiger partial charge in [0, 0.05) is 18.1 Å². The summed E-state index contributed by atoms with van der Waals surface area (Å²) in [5.41, 5.74) is 22.0. The SMILES string of the molecule is C=Cc1ccc(Oc2ccc(C3(c4cc(F)cc(F)c4)c4ccccc4-c4ccc(/C(=C\c5ccc6c(c5)C5(c7ccccc7-6)c6ccccc6-c6ccc(C(c7ccc(C)c(F)c7)c7ccc8c(c7)C(c7ccc(Oc9ccc(C=C)cc9)cc7)(c7cc(F)cc(F)c7)c7ccccc7-8)cc65)c5ccc(C)c(F)c5)cc43)cc2)cc1. The van der Waals surface area contributed by atoms with E-state index in [0.29, 0.717) is 62.0 Å². The van der Waals surface area contributed by atoms with Crippen LogP contribution in [0, 0.1) is 48.8 Å². The number of benzene rings is 16. The first kappa shape index (κ1) is 71.0. The van der Waals surface area contributed by atoms with Crippen LogP contribution in [0.15, 0.2) is 353 Å².